The molecule has 2 heteroatoms. The van der Waals surface area contributed by atoms with E-state index in [1.165, 1.54) is 19.3 Å². The maximum atomic E-state index is 12.5. The molecule has 0 radical (unpaired) electrons. The molecular formula is C9H18FN. The summed E-state index contributed by atoms with van der Waals surface area (Å²) >= 11 is 0. The minimum Gasteiger partial charge on any atom is -0.330 e. The van der Waals surface area contributed by atoms with Gasteiger partial charge in [-0.15, -0.1) is 0 Å². The third-order valence-corrected chi connectivity index (χ3v) is 2.82. The fourth-order valence-electron chi connectivity index (χ4n) is 1.59. The molecule has 1 unspecified atom stereocenters. The number of halogens is 1. The highest BCUT2D eigenvalue weighted by atomic mass is 19.1. The van der Waals surface area contributed by atoms with E-state index in [9.17, 15) is 4.39 Å². The zero-order valence-corrected chi connectivity index (χ0v) is 7.28. The first-order valence-electron chi connectivity index (χ1n) is 4.46. The molecule has 0 aromatic rings. The Labute approximate surface area is 68.2 Å². The van der Waals surface area contributed by atoms with Crippen molar-refractivity contribution >= 4 is 0 Å². The molecule has 1 nitrogen and oxygen atoms in total. The van der Waals surface area contributed by atoms with Gasteiger partial charge in [-0.05, 0) is 12.3 Å². The van der Waals surface area contributed by atoms with Gasteiger partial charge in [-0.2, -0.15) is 0 Å². The van der Waals surface area contributed by atoms with Crippen molar-refractivity contribution in [2.75, 3.05) is 13.2 Å². The molecule has 0 heterocycles. The molecule has 0 amide bonds. The molecule has 1 aliphatic carbocycles. The van der Waals surface area contributed by atoms with Gasteiger partial charge >= 0.3 is 0 Å². The summed E-state index contributed by atoms with van der Waals surface area (Å²) in [6.07, 6.45) is 4.89. The first kappa shape index (κ1) is 8.98. The zero-order valence-electron chi connectivity index (χ0n) is 7.28. The lowest BCUT2D eigenvalue weighted by molar-refractivity contribution is 0.146. The Balaban J connectivity index is 2.29. The summed E-state index contributed by atoms with van der Waals surface area (Å²) in [7, 11) is 0. The van der Waals surface area contributed by atoms with E-state index in [0.717, 1.165) is 12.3 Å². The van der Waals surface area contributed by atoms with Crippen LogP contribution in [0.25, 0.3) is 0 Å². The largest absolute Gasteiger partial charge is 0.330 e. The van der Waals surface area contributed by atoms with Crippen molar-refractivity contribution in [1.82, 2.24) is 0 Å². The minimum absolute atomic E-state index is 0.231. The van der Waals surface area contributed by atoms with Crippen LogP contribution in [0.15, 0.2) is 0 Å². The maximum Gasteiger partial charge on any atom is 0.0960 e. The van der Waals surface area contributed by atoms with Gasteiger partial charge in [0.1, 0.15) is 0 Å². The molecule has 1 atom stereocenters. The van der Waals surface area contributed by atoms with Gasteiger partial charge in [0.15, 0.2) is 0 Å². The van der Waals surface area contributed by atoms with E-state index in [0.29, 0.717) is 6.54 Å². The molecule has 11 heavy (non-hydrogen) atoms. The Morgan fingerprint density at radius 3 is 2.45 bits per heavy atom. The number of nitrogens with two attached hydrogens (primary N) is 1. The van der Waals surface area contributed by atoms with Crippen LogP contribution in [0.3, 0.4) is 0 Å². The molecular weight excluding hydrogens is 141 g/mol. The summed E-state index contributed by atoms with van der Waals surface area (Å²) < 4.78 is 12.5. The molecule has 1 rings (SSSR count). The predicted octanol–water partition coefficient (Wildman–Crippen LogP) is 2.11. The van der Waals surface area contributed by atoms with Crippen LogP contribution in [-0.4, -0.2) is 13.2 Å². The van der Waals surface area contributed by atoms with E-state index in [2.05, 4.69) is 0 Å². The third kappa shape index (κ3) is 2.16. The Bertz CT molecular complexity index is 117. The van der Waals surface area contributed by atoms with Crippen molar-refractivity contribution in [1.29, 1.82) is 0 Å². The summed E-state index contributed by atoms with van der Waals surface area (Å²) in [6.45, 7) is 2.17. The molecule has 66 valence electrons. The first-order valence-corrected chi connectivity index (χ1v) is 4.46. The lowest BCUT2D eigenvalue weighted by atomic mass is 9.73. The highest BCUT2D eigenvalue weighted by molar-refractivity contribution is 4.81. The van der Waals surface area contributed by atoms with E-state index in [4.69, 9.17) is 5.73 Å². The van der Waals surface area contributed by atoms with Crippen molar-refractivity contribution in [2.24, 2.45) is 17.1 Å². The van der Waals surface area contributed by atoms with E-state index >= 15 is 0 Å². The fraction of sp³-hybridized carbons (Fsp3) is 1.00. The van der Waals surface area contributed by atoms with Crippen LogP contribution >= 0.6 is 0 Å². The Morgan fingerprint density at radius 2 is 2.18 bits per heavy atom. The van der Waals surface area contributed by atoms with E-state index in [-0.39, 0.29) is 12.1 Å². The molecule has 1 fully saturated rings. The highest BCUT2D eigenvalue weighted by Crippen LogP contribution is 2.37. The van der Waals surface area contributed by atoms with Gasteiger partial charge in [0.2, 0.25) is 0 Å². The normalized spacial score (nSPS) is 24.3. The molecule has 0 aromatic heterocycles. The van der Waals surface area contributed by atoms with E-state index < -0.39 is 0 Å². The third-order valence-electron chi connectivity index (χ3n) is 2.82. The summed E-state index contributed by atoms with van der Waals surface area (Å²) in [5.41, 5.74) is 5.27. The second-order valence-electron chi connectivity index (χ2n) is 4.15. The lowest BCUT2D eigenvalue weighted by Crippen LogP contribution is -2.33. The summed E-state index contributed by atoms with van der Waals surface area (Å²) in [4.78, 5) is 0. The maximum absolute atomic E-state index is 12.5. The number of hydrogen-bond acceptors (Lipinski definition) is 1. The second-order valence-corrected chi connectivity index (χ2v) is 4.15. The SMILES string of the molecule is CC(CN)(CF)CC1CCC1. The number of hydrogen-bond donors (Lipinski definition) is 1. The average molecular weight is 159 g/mol. The van der Waals surface area contributed by atoms with Gasteiger partial charge < -0.3 is 5.73 Å². The highest BCUT2D eigenvalue weighted by Gasteiger charge is 2.29. The van der Waals surface area contributed by atoms with Crippen LogP contribution in [0.1, 0.15) is 32.6 Å². The van der Waals surface area contributed by atoms with Crippen LogP contribution < -0.4 is 5.73 Å². The first-order chi connectivity index (χ1) is 5.20. The summed E-state index contributed by atoms with van der Waals surface area (Å²) in [5, 5.41) is 0. The van der Waals surface area contributed by atoms with Crippen molar-refractivity contribution in [2.45, 2.75) is 32.6 Å². The van der Waals surface area contributed by atoms with Gasteiger partial charge in [0.25, 0.3) is 0 Å². The topological polar surface area (TPSA) is 26.0 Å². The van der Waals surface area contributed by atoms with Crippen LogP contribution in [-0.2, 0) is 0 Å². The molecule has 0 aromatic carbocycles. The second kappa shape index (κ2) is 3.53. The molecule has 0 saturated heterocycles. The quantitative estimate of drug-likeness (QED) is 0.668. The average Bonchev–Trinajstić information content (AvgIpc) is 1.97. The zero-order chi connectivity index (χ0) is 8.32. The van der Waals surface area contributed by atoms with Crippen LogP contribution in [0, 0.1) is 11.3 Å². The predicted molar refractivity (Wildman–Crippen MR) is 45.1 cm³/mol. The van der Waals surface area contributed by atoms with Gasteiger partial charge in [-0.1, -0.05) is 26.2 Å². The summed E-state index contributed by atoms with van der Waals surface area (Å²) in [6, 6.07) is 0. The van der Waals surface area contributed by atoms with Gasteiger partial charge in [0, 0.05) is 12.0 Å². The minimum atomic E-state index is -0.264. The van der Waals surface area contributed by atoms with Gasteiger partial charge in [-0.25, -0.2) is 0 Å². The van der Waals surface area contributed by atoms with Crippen LogP contribution in [0.4, 0.5) is 4.39 Å². The smallest absolute Gasteiger partial charge is 0.0960 e. The number of rotatable bonds is 4. The Kier molecular flexibility index (Phi) is 2.88. The molecule has 2 N–H and O–H groups in total. The molecule has 1 aliphatic rings. The van der Waals surface area contributed by atoms with Gasteiger partial charge in [0.05, 0.1) is 6.67 Å². The van der Waals surface area contributed by atoms with Crippen molar-refractivity contribution < 1.29 is 4.39 Å². The molecule has 0 aliphatic heterocycles. The molecule has 0 spiro atoms. The van der Waals surface area contributed by atoms with Crippen LogP contribution in [0.2, 0.25) is 0 Å². The van der Waals surface area contributed by atoms with Crippen molar-refractivity contribution in [3.8, 4) is 0 Å². The van der Waals surface area contributed by atoms with E-state index in [1.54, 1.807) is 0 Å². The lowest BCUT2D eigenvalue weighted by Gasteiger charge is -2.34. The van der Waals surface area contributed by atoms with Crippen molar-refractivity contribution in [3.63, 3.8) is 0 Å². The van der Waals surface area contributed by atoms with Crippen molar-refractivity contribution in [3.05, 3.63) is 0 Å². The number of alkyl halides is 1. The monoisotopic (exact) mass is 159 g/mol. The fourth-order valence-corrected chi connectivity index (χ4v) is 1.59. The molecule has 1 saturated carbocycles. The Morgan fingerprint density at radius 1 is 1.55 bits per heavy atom. The molecule has 0 bridgehead atoms. The van der Waals surface area contributed by atoms with Crippen LogP contribution in [0.5, 0.6) is 0 Å². The summed E-state index contributed by atoms with van der Waals surface area (Å²) in [5.74, 6) is 0.763. The Hall–Kier alpha value is -0.110. The van der Waals surface area contributed by atoms with E-state index in [1.807, 2.05) is 6.92 Å². The standard InChI is InChI=1S/C9H18FN/c1-9(6-10,7-11)5-8-3-2-4-8/h8H,2-7,11H2,1H3. The van der Waals surface area contributed by atoms with Gasteiger partial charge in [-0.3, -0.25) is 4.39 Å².